The monoisotopic (exact) mass is 529 g/mol. The van der Waals surface area contributed by atoms with Crippen LogP contribution in [0.25, 0.3) is 11.1 Å². The molecular formula is C27H32ClN3O6. The average molecular weight is 530 g/mol. The van der Waals surface area contributed by atoms with E-state index in [0.29, 0.717) is 5.02 Å². The second-order valence-corrected chi connectivity index (χ2v) is 9.14. The fourth-order valence-corrected chi connectivity index (χ4v) is 3.88. The van der Waals surface area contributed by atoms with E-state index in [9.17, 15) is 19.5 Å². The summed E-state index contributed by atoms with van der Waals surface area (Å²) < 4.78 is 10.1. The molecule has 198 valence electrons. The number of rotatable bonds is 14. The Morgan fingerprint density at radius 1 is 1.08 bits per heavy atom. The fourth-order valence-electron chi connectivity index (χ4n) is 3.69. The number of aromatic amines is 1. The summed E-state index contributed by atoms with van der Waals surface area (Å²) in [5.74, 6) is -1.69. The summed E-state index contributed by atoms with van der Waals surface area (Å²) in [6.45, 7) is 2.28. The molecule has 9 nitrogen and oxygen atoms in total. The first kappa shape index (κ1) is 28.2. The number of amides is 1. The van der Waals surface area contributed by atoms with Crippen LogP contribution in [0.4, 0.5) is 0 Å². The fraction of sp³-hybridized carbons (Fsp3) is 0.370. The van der Waals surface area contributed by atoms with Crippen LogP contribution in [0.3, 0.4) is 0 Å². The number of aromatic nitrogens is 1. The van der Waals surface area contributed by atoms with Gasteiger partial charge in [-0.3, -0.25) is 15.0 Å². The van der Waals surface area contributed by atoms with Crippen LogP contribution in [0, 0.1) is 0 Å². The number of H-pyrrole nitrogens is 1. The number of carbonyl (C=O) groups excluding carboxylic acids is 2. The molecule has 1 amide bonds. The maximum atomic E-state index is 12.6. The standard InChI is InChI=1S/C27H32ClN3O6/c1-2-3-4-5-6-14-36-27(35)23(32)18-31(29-26(34)24-16-25(33)30-37-24)17-19-10-12-20(13-11-19)21-8-7-9-22(28)15-21/h7-13,15-16,23,32H,2-6,14,17-18H2,1H3,(H,29,34)(H,30,33). The van der Waals surface area contributed by atoms with Gasteiger partial charge in [0.25, 0.3) is 5.56 Å². The molecule has 3 N–H and O–H groups in total. The molecule has 0 spiro atoms. The van der Waals surface area contributed by atoms with E-state index in [1.54, 1.807) is 6.07 Å². The van der Waals surface area contributed by atoms with Gasteiger partial charge in [-0.25, -0.2) is 9.80 Å². The summed E-state index contributed by atoms with van der Waals surface area (Å²) in [5, 5.41) is 14.5. The van der Waals surface area contributed by atoms with Gasteiger partial charge in [-0.15, -0.1) is 0 Å². The van der Waals surface area contributed by atoms with Crippen molar-refractivity contribution in [1.82, 2.24) is 15.6 Å². The van der Waals surface area contributed by atoms with Gasteiger partial charge in [-0.05, 0) is 35.2 Å². The number of hydrogen-bond donors (Lipinski definition) is 3. The zero-order valence-electron chi connectivity index (χ0n) is 20.7. The number of nitrogens with zero attached hydrogens (tertiary/aromatic N) is 1. The summed E-state index contributed by atoms with van der Waals surface area (Å²) in [6, 6.07) is 16.0. The van der Waals surface area contributed by atoms with Gasteiger partial charge >= 0.3 is 11.9 Å². The molecule has 1 atom stereocenters. The van der Waals surface area contributed by atoms with Crippen molar-refractivity contribution >= 4 is 23.5 Å². The molecule has 0 radical (unpaired) electrons. The molecule has 3 rings (SSSR count). The lowest BCUT2D eigenvalue weighted by atomic mass is 10.0. The number of hydrogen-bond acceptors (Lipinski definition) is 7. The first-order chi connectivity index (χ1) is 17.9. The first-order valence-corrected chi connectivity index (χ1v) is 12.7. The minimum atomic E-state index is -1.49. The van der Waals surface area contributed by atoms with Crippen LogP contribution >= 0.6 is 11.6 Å². The number of aliphatic hydroxyl groups excluding tert-OH is 1. The highest BCUT2D eigenvalue weighted by molar-refractivity contribution is 6.30. The Balaban J connectivity index is 1.64. The minimum Gasteiger partial charge on any atom is -0.464 e. The molecule has 3 aromatic rings. The van der Waals surface area contributed by atoms with Crippen molar-refractivity contribution in [2.75, 3.05) is 13.2 Å². The molecule has 1 unspecified atom stereocenters. The first-order valence-electron chi connectivity index (χ1n) is 12.3. The number of hydrazine groups is 1. The van der Waals surface area contributed by atoms with E-state index in [2.05, 4.69) is 17.5 Å². The highest BCUT2D eigenvalue weighted by atomic mass is 35.5. The maximum Gasteiger partial charge on any atom is 0.336 e. The van der Waals surface area contributed by atoms with E-state index < -0.39 is 23.5 Å². The van der Waals surface area contributed by atoms with Gasteiger partial charge in [-0.2, -0.15) is 5.16 Å². The van der Waals surface area contributed by atoms with E-state index in [1.165, 1.54) is 5.01 Å². The molecule has 0 bridgehead atoms. The molecule has 2 aromatic carbocycles. The Morgan fingerprint density at radius 2 is 1.84 bits per heavy atom. The van der Waals surface area contributed by atoms with Gasteiger partial charge in [0.15, 0.2) is 6.10 Å². The van der Waals surface area contributed by atoms with Crippen LogP contribution in [-0.2, 0) is 16.1 Å². The van der Waals surface area contributed by atoms with Crippen molar-refractivity contribution in [3.8, 4) is 11.1 Å². The number of halogens is 1. The van der Waals surface area contributed by atoms with Gasteiger partial charge in [-0.1, -0.05) is 80.6 Å². The second kappa shape index (κ2) is 14.4. The Kier molecular flexibility index (Phi) is 10.9. The molecular weight excluding hydrogens is 498 g/mol. The third-order valence-corrected chi connectivity index (χ3v) is 5.89. The predicted octanol–water partition coefficient (Wildman–Crippen LogP) is 4.31. The topological polar surface area (TPSA) is 125 Å². The van der Waals surface area contributed by atoms with Crippen LogP contribution in [0.1, 0.15) is 55.1 Å². The lowest BCUT2D eigenvalue weighted by Gasteiger charge is -2.24. The molecule has 0 saturated carbocycles. The highest BCUT2D eigenvalue weighted by Crippen LogP contribution is 2.23. The van der Waals surface area contributed by atoms with Crippen molar-refractivity contribution in [3.63, 3.8) is 0 Å². The van der Waals surface area contributed by atoms with Gasteiger partial charge < -0.3 is 14.4 Å². The summed E-state index contributed by atoms with van der Waals surface area (Å²) in [5.41, 5.74) is 4.74. The molecule has 1 heterocycles. The molecule has 1 aromatic heterocycles. The number of aliphatic hydroxyl groups is 1. The third kappa shape index (κ3) is 9.20. The number of nitrogens with one attached hydrogen (secondary N) is 2. The van der Waals surface area contributed by atoms with Crippen LogP contribution < -0.4 is 11.0 Å². The smallest absolute Gasteiger partial charge is 0.336 e. The van der Waals surface area contributed by atoms with Crippen LogP contribution in [0.5, 0.6) is 0 Å². The number of benzene rings is 2. The Morgan fingerprint density at radius 3 is 2.51 bits per heavy atom. The quantitative estimate of drug-likeness (QED) is 0.161. The van der Waals surface area contributed by atoms with Crippen molar-refractivity contribution in [2.45, 2.75) is 51.7 Å². The minimum absolute atomic E-state index is 0.164. The van der Waals surface area contributed by atoms with Gasteiger partial charge in [0.2, 0.25) is 5.76 Å². The van der Waals surface area contributed by atoms with Crippen molar-refractivity contribution in [1.29, 1.82) is 0 Å². The number of esters is 1. The zero-order chi connectivity index (χ0) is 26.6. The SMILES string of the molecule is CCCCCCCOC(=O)C(O)CN(Cc1ccc(-c2cccc(Cl)c2)cc1)NC(=O)c1cc(=O)[nH]o1. The van der Waals surface area contributed by atoms with Crippen LogP contribution in [0.15, 0.2) is 63.9 Å². The number of unbranched alkanes of at least 4 members (excludes halogenated alkanes) is 4. The Hall–Kier alpha value is -3.40. The Labute approximate surface area is 220 Å². The summed E-state index contributed by atoms with van der Waals surface area (Å²) in [4.78, 5) is 36.2. The van der Waals surface area contributed by atoms with Crippen molar-refractivity contribution in [3.05, 3.63) is 81.3 Å². The van der Waals surface area contributed by atoms with Gasteiger partial charge in [0, 0.05) is 11.6 Å². The van der Waals surface area contributed by atoms with Crippen LogP contribution in [-0.4, -0.2) is 46.4 Å². The molecule has 0 fully saturated rings. The third-order valence-electron chi connectivity index (χ3n) is 5.65. The normalized spacial score (nSPS) is 11.9. The molecule has 0 aliphatic rings. The largest absolute Gasteiger partial charge is 0.464 e. The van der Waals surface area contributed by atoms with E-state index >= 15 is 0 Å². The van der Waals surface area contributed by atoms with Gasteiger partial charge in [0.1, 0.15) is 0 Å². The molecule has 0 aliphatic heterocycles. The number of ether oxygens (including phenoxy) is 1. The van der Waals surface area contributed by atoms with E-state index in [4.69, 9.17) is 20.9 Å². The van der Waals surface area contributed by atoms with E-state index in [1.807, 2.05) is 42.5 Å². The maximum absolute atomic E-state index is 12.6. The number of carbonyl (C=O) groups is 2. The summed E-state index contributed by atoms with van der Waals surface area (Å²) in [6.07, 6.45) is 3.51. The molecule has 10 heteroatoms. The van der Waals surface area contributed by atoms with E-state index in [-0.39, 0.29) is 25.5 Å². The van der Waals surface area contributed by atoms with Crippen LogP contribution in [0.2, 0.25) is 5.02 Å². The highest BCUT2D eigenvalue weighted by Gasteiger charge is 2.23. The van der Waals surface area contributed by atoms with Crippen molar-refractivity contribution in [2.24, 2.45) is 0 Å². The van der Waals surface area contributed by atoms with Crippen molar-refractivity contribution < 1.29 is 24.0 Å². The van der Waals surface area contributed by atoms with E-state index in [0.717, 1.165) is 54.9 Å². The zero-order valence-corrected chi connectivity index (χ0v) is 21.5. The Bertz CT molecular complexity index is 1210. The lowest BCUT2D eigenvalue weighted by Crippen LogP contribution is -2.47. The predicted molar refractivity (Wildman–Crippen MR) is 140 cm³/mol. The average Bonchev–Trinajstić information content (AvgIpc) is 3.32. The molecule has 37 heavy (non-hydrogen) atoms. The molecule has 0 aliphatic carbocycles. The summed E-state index contributed by atoms with van der Waals surface area (Å²) >= 11 is 6.09. The van der Waals surface area contributed by atoms with Gasteiger partial charge in [0.05, 0.1) is 19.2 Å². The molecule has 0 saturated heterocycles. The summed E-state index contributed by atoms with van der Waals surface area (Å²) in [7, 11) is 0. The second-order valence-electron chi connectivity index (χ2n) is 8.70. The lowest BCUT2D eigenvalue weighted by molar-refractivity contribution is -0.155.